The Morgan fingerprint density at radius 2 is 2.05 bits per heavy atom. The summed E-state index contributed by atoms with van der Waals surface area (Å²) in [4.78, 5) is 22.0. The molecule has 2 amide bonds. The number of hydrogen-bond acceptors (Lipinski definition) is 4. The monoisotopic (exact) mass is 278 g/mol. The Hall–Kier alpha value is -1.95. The fraction of sp³-hybridized carbons (Fsp3) is 0.231. The SMILES string of the molecule is NC(=O)CSCC(=O)NCc1cc2ccccc2o1. The largest absolute Gasteiger partial charge is 0.459 e. The number of thioether (sulfide) groups is 1. The molecule has 19 heavy (non-hydrogen) atoms. The Bertz CT molecular complexity index is 561. The average molecular weight is 278 g/mol. The van der Waals surface area contributed by atoms with E-state index in [1.807, 2.05) is 30.3 Å². The van der Waals surface area contributed by atoms with Crippen molar-refractivity contribution in [3.05, 3.63) is 36.1 Å². The van der Waals surface area contributed by atoms with Gasteiger partial charge in [0.2, 0.25) is 11.8 Å². The van der Waals surface area contributed by atoms with Crippen LogP contribution in [0.1, 0.15) is 5.76 Å². The number of furan rings is 1. The number of carbonyl (C=O) groups excluding carboxylic acids is 2. The van der Waals surface area contributed by atoms with Gasteiger partial charge in [0, 0.05) is 5.39 Å². The van der Waals surface area contributed by atoms with E-state index in [-0.39, 0.29) is 17.4 Å². The van der Waals surface area contributed by atoms with Gasteiger partial charge >= 0.3 is 0 Å². The van der Waals surface area contributed by atoms with Crippen LogP contribution in [0.3, 0.4) is 0 Å². The lowest BCUT2D eigenvalue weighted by molar-refractivity contribution is -0.118. The van der Waals surface area contributed by atoms with Gasteiger partial charge in [-0.3, -0.25) is 9.59 Å². The summed E-state index contributed by atoms with van der Waals surface area (Å²) in [5.74, 6) is 0.498. The molecule has 3 N–H and O–H groups in total. The van der Waals surface area contributed by atoms with Gasteiger partial charge in [-0.25, -0.2) is 0 Å². The van der Waals surface area contributed by atoms with E-state index in [4.69, 9.17) is 10.2 Å². The van der Waals surface area contributed by atoms with E-state index >= 15 is 0 Å². The molecule has 0 saturated carbocycles. The van der Waals surface area contributed by atoms with Gasteiger partial charge in [-0.05, 0) is 12.1 Å². The summed E-state index contributed by atoms with van der Waals surface area (Å²) in [7, 11) is 0. The van der Waals surface area contributed by atoms with E-state index in [1.54, 1.807) is 0 Å². The summed E-state index contributed by atoms with van der Waals surface area (Å²) in [6.45, 7) is 0.338. The Kier molecular flexibility index (Phi) is 4.46. The number of primary amides is 1. The van der Waals surface area contributed by atoms with Gasteiger partial charge in [0.05, 0.1) is 18.1 Å². The van der Waals surface area contributed by atoms with E-state index < -0.39 is 5.91 Å². The van der Waals surface area contributed by atoms with Crippen molar-refractivity contribution >= 4 is 34.5 Å². The predicted molar refractivity (Wildman–Crippen MR) is 74.6 cm³/mol. The first-order valence-corrected chi connectivity index (χ1v) is 6.91. The lowest BCUT2D eigenvalue weighted by Gasteiger charge is -2.01. The van der Waals surface area contributed by atoms with Crippen LogP contribution in [0.15, 0.2) is 34.7 Å². The van der Waals surface area contributed by atoms with Crippen molar-refractivity contribution in [2.75, 3.05) is 11.5 Å². The quantitative estimate of drug-likeness (QED) is 0.833. The average Bonchev–Trinajstić information content (AvgIpc) is 2.78. The number of hydrogen-bond donors (Lipinski definition) is 2. The van der Waals surface area contributed by atoms with Gasteiger partial charge in [0.25, 0.3) is 0 Å². The first-order chi connectivity index (χ1) is 9.15. The number of rotatable bonds is 6. The molecule has 100 valence electrons. The van der Waals surface area contributed by atoms with Crippen LogP contribution >= 0.6 is 11.8 Å². The minimum absolute atomic E-state index is 0.147. The fourth-order valence-electron chi connectivity index (χ4n) is 1.61. The second-order valence-corrected chi connectivity index (χ2v) is 4.97. The number of benzene rings is 1. The maximum Gasteiger partial charge on any atom is 0.230 e. The van der Waals surface area contributed by atoms with Crippen LogP contribution in [0.4, 0.5) is 0 Å². The molecule has 0 spiro atoms. The smallest absolute Gasteiger partial charge is 0.230 e. The van der Waals surface area contributed by atoms with E-state index in [9.17, 15) is 9.59 Å². The molecule has 0 aliphatic carbocycles. The Morgan fingerprint density at radius 1 is 1.26 bits per heavy atom. The van der Waals surface area contributed by atoms with Crippen LogP contribution in [0.2, 0.25) is 0 Å². The van der Waals surface area contributed by atoms with Crippen LogP contribution < -0.4 is 11.1 Å². The van der Waals surface area contributed by atoms with Gasteiger partial charge in [0.1, 0.15) is 11.3 Å². The molecule has 6 heteroatoms. The van der Waals surface area contributed by atoms with E-state index in [1.165, 1.54) is 11.8 Å². The molecule has 0 aliphatic heterocycles. The summed E-state index contributed by atoms with van der Waals surface area (Å²) in [6, 6.07) is 9.55. The van der Waals surface area contributed by atoms with E-state index in [0.717, 1.165) is 11.0 Å². The number of para-hydroxylation sites is 1. The molecule has 1 aromatic carbocycles. The van der Waals surface area contributed by atoms with Crippen LogP contribution in [-0.2, 0) is 16.1 Å². The predicted octanol–water partition coefficient (Wildman–Crippen LogP) is 1.27. The highest BCUT2D eigenvalue weighted by Gasteiger charge is 2.06. The van der Waals surface area contributed by atoms with E-state index in [2.05, 4.69) is 5.32 Å². The van der Waals surface area contributed by atoms with Gasteiger partial charge in [-0.2, -0.15) is 0 Å². The third-order valence-corrected chi connectivity index (χ3v) is 3.37. The second kappa shape index (κ2) is 6.29. The number of carbonyl (C=O) groups is 2. The van der Waals surface area contributed by atoms with Crippen molar-refractivity contribution in [2.24, 2.45) is 5.73 Å². The summed E-state index contributed by atoms with van der Waals surface area (Å²) in [5, 5.41) is 3.74. The highest BCUT2D eigenvalue weighted by molar-refractivity contribution is 8.00. The third-order valence-electron chi connectivity index (χ3n) is 2.41. The first-order valence-electron chi connectivity index (χ1n) is 5.75. The maximum atomic E-state index is 11.5. The summed E-state index contributed by atoms with van der Waals surface area (Å²) in [6.07, 6.45) is 0. The molecule has 2 rings (SSSR count). The van der Waals surface area contributed by atoms with Gasteiger partial charge in [-0.15, -0.1) is 11.8 Å². The van der Waals surface area contributed by atoms with Crippen LogP contribution in [-0.4, -0.2) is 23.3 Å². The summed E-state index contributed by atoms with van der Waals surface area (Å²) < 4.78 is 5.57. The topological polar surface area (TPSA) is 85.3 Å². The molecular formula is C13H14N2O3S. The standard InChI is InChI=1S/C13H14N2O3S/c14-12(16)7-19-8-13(17)15-6-10-5-9-3-1-2-4-11(9)18-10/h1-5H,6-8H2,(H2,14,16)(H,15,17). The molecule has 1 aromatic heterocycles. The zero-order valence-electron chi connectivity index (χ0n) is 10.2. The van der Waals surface area contributed by atoms with Gasteiger partial charge in [-0.1, -0.05) is 18.2 Å². The van der Waals surface area contributed by atoms with Crippen molar-refractivity contribution in [1.82, 2.24) is 5.32 Å². The fourth-order valence-corrected chi connectivity index (χ4v) is 2.20. The van der Waals surface area contributed by atoms with Crippen molar-refractivity contribution < 1.29 is 14.0 Å². The lowest BCUT2D eigenvalue weighted by Crippen LogP contribution is -2.25. The van der Waals surface area contributed by atoms with Crippen molar-refractivity contribution in [3.63, 3.8) is 0 Å². The summed E-state index contributed by atoms with van der Waals surface area (Å²) in [5.41, 5.74) is 5.78. The Morgan fingerprint density at radius 3 is 2.79 bits per heavy atom. The molecule has 0 radical (unpaired) electrons. The molecule has 0 saturated heterocycles. The number of amides is 2. The minimum atomic E-state index is -0.421. The zero-order chi connectivity index (χ0) is 13.7. The zero-order valence-corrected chi connectivity index (χ0v) is 11.0. The van der Waals surface area contributed by atoms with E-state index in [0.29, 0.717) is 12.3 Å². The van der Waals surface area contributed by atoms with Crippen LogP contribution in [0.5, 0.6) is 0 Å². The lowest BCUT2D eigenvalue weighted by atomic mass is 10.2. The highest BCUT2D eigenvalue weighted by Crippen LogP contribution is 2.18. The normalized spacial score (nSPS) is 10.5. The Balaban J connectivity index is 1.81. The van der Waals surface area contributed by atoms with Gasteiger partial charge in [0.15, 0.2) is 0 Å². The molecule has 0 aliphatic rings. The molecule has 5 nitrogen and oxygen atoms in total. The molecule has 0 fully saturated rings. The second-order valence-electron chi connectivity index (χ2n) is 3.99. The first kappa shape index (κ1) is 13.5. The van der Waals surface area contributed by atoms with Crippen LogP contribution in [0, 0.1) is 0 Å². The molecule has 0 bridgehead atoms. The van der Waals surface area contributed by atoms with Gasteiger partial charge < -0.3 is 15.5 Å². The molecular weight excluding hydrogens is 264 g/mol. The molecule has 2 aromatic rings. The van der Waals surface area contributed by atoms with Crippen LogP contribution in [0.25, 0.3) is 11.0 Å². The highest BCUT2D eigenvalue weighted by atomic mass is 32.2. The number of fused-ring (bicyclic) bond motifs is 1. The van der Waals surface area contributed by atoms with Crippen molar-refractivity contribution in [2.45, 2.75) is 6.54 Å². The maximum absolute atomic E-state index is 11.5. The van der Waals surface area contributed by atoms with Crippen molar-refractivity contribution in [1.29, 1.82) is 0 Å². The summed E-state index contributed by atoms with van der Waals surface area (Å²) >= 11 is 1.19. The Labute approximate surface area is 114 Å². The third kappa shape index (κ3) is 4.03. The number of nitrogens with two attached hydrogens (primary N) is 1. The van der Waals surface area contributed by atoms with Crippen molar-refractivity contribution in [3.8, 4) is 0 Å². The minimum Gasteiger partial charge on any atom is -0.459 e. The molecule has 0 atom stereocenters. The number of nitrogens with one attached hydrogen (secondary N) is 1. The molecule has 1 heterocycles. The molecule has 0 unspecified atom stereocenters.